The van der Waals surface area contributed by atoms with Crippen LogP contribution in [0.5, 0.6) is 0 Å². The largest absolute Gasteiger partial charge is 0.343 e. The van der Waals surface area contributed by atoms with Gasteiger partial charge in [-0.15, -0.1) is 0 Å². The van der Waals surface area contributed by atoms with Gasteiger partial charge in [0.1, 0.15) is 11.6 Å². The maximum Gasteiger partial charge on any atom is 0.222 e. The normalized spacial score (nSPS) is 22.4. The van der Waals surface area contributed by atoms with E-state index in [0.29, 0.717) is 24.9 Å². The number of rotatable bonds is 6. The summed E-state index contributed by atoms with van der Waals surface area (Å²) in [5.41, 5.74) is 0.154. The fraction of sp³-hybridized carbons (Fsp3) is 0.682. The van der Waals surface area contributed by atoms with Crippen LogP contribution in [-0.2, 0) is 11.3 Å². The quantitative estimate of drug-likeness (QED) is 0.740. The lowest BCUT2D eigenvalue weighted by molar-refractivity contribution is -0.133. The van der Waals surface area contributed by atoms with Gasteiger partial charge in [-0.2, -0.15) is 0 Å². The van der Waals surface area contributed by atoms with Crippen molar-refractivity contribution in [1.29, 1.82) is 0 Å². The highest BCUT2D eigenvalue weighted by Gasteiger charge is 2.26. The Balaban J connectivity index is 1.46. The Morgan fingerprint density at radius 2 is 1.82 bits per heavy atom. The van der Waals surface area contributed by atoms with Crippen molar-refractivity contribution in [3.8, 4) is 0 Å². The van der Waals surface area contributed by atoms with E-state index in [9.17, 15) is 13.6 Å². The summed E-state index contributed by atoms with van der Waals surface area (Å²) < 4.78 is 27.9. The van der Waals surface area contributed by atoms with E-state index in [0.717, 1.165) is 58.3 Å². The van der Waals surface area contributed by atoms with Crippen molar-refractivity contribution in [3.05, 3.63) is 35.4 Å². The maximum atomic E-state index is 13.9. The van der Waals surface area contributed by atoms with Crippen molar-refractivity contribution in [2.24, 2.45) is 5.92 Å². The number of nitrogens with zero attached hydrogens (tertiary/aromatic N) is 3. The predicted molar refractivity (Wildman–Crippen MR) is 107 cm³/mol. The summed E-state index contributed by atoms with van der Waals surface area (Å²) >= 11 is 0. The second-order valence-corrected chi connectivity index (χ2v) is 8.52. The minimum atomic E-state index is -0.475. The molecule has 0 aromatic heterocycles. The molecule has 2 aliphatic rings. The summed E-state index contributed by atoms with van der Waals surface area (Å²) in [5, 5.41) is 0. The van der Waals surface area contributed by atoms with Crippen molar-refractivity contribution in [1.82, 2.24) is 14.7 Å². The second-order valence-electron chi connectivity index (χ2n) is 8.52. The fourth-order valence-corrected chi connectivity index (χ4v) is 4.53. The summed E-state index contributed by atoms with van der Waals surface area (Å²) in [6.45, 7) is 4.06. The molecule has 2 fully saturated rings. The molecule has 0 N–H and O–H groups in total. The van der Waals surface area contributed by atoms with Gasteiger partial charge >= 0.3 is 0 Å². The Morgan fingerprint density at radius 1 is 1.14 bits per heavy atom. The average molecular weight is 394 g/mol. The van der Waals surface area contributed by atoms with E-state index in [2.05, 4.69) is 16.8 Å². The van der Waals surface area contributed by atoms with Crippen LogP contribution in [0.2, 0.25) is 0 Å². The highest BCUT2D eigenvalue weighted by molar-refractivity contribution is 5.76. The minimum absolute atomic E-state index is 0.154. The minimum Gasteiger partial charge on any atom is -0.343 e. The first-order valence-corrected chi connectivity index (χ1v) is 10.5. The molecule has 0 radical (unpaired) electrons. The first-order chi connectivity index (χ1) is 13.4. The number of carbonyl (C=O) groups is 1. The molecule has 1 aromatic rings. The smallest absolute Gasteiger partial charge is 0.222 e. The standard InChI is InChI=1S/C22H33F2N3O/c1-25-13-10-18(11-14-25)26(2)22(28)9-8-17-5-4-12-27(15-17)16-19-20(23)6-3-7-21(19)24/h3,6-7,17-18H,4-5,8-16H2,1-2H3. The number of halogens is 2. The van der Waals surface area contributed by atoms with Gasteiger partial charge in [0.05, 0.1) is 0 Å². The van der Waals surface area contributed by atoms with Crippen LogP contribution >= 0.6 is 0 Å². The molecule has 1 unspecified atom stereocenters. The van der Waals surface area contributed by atoms with Gasteiger partial charge in [-0.05, 0) is 76.8 Å². The third-order valence-electron chi connectivity index (χ3n) is 6.44. The molecule has 0 saturated carbocycles. The van der Waals surface area contributed by atoms with Crippen LogP contribution in [0, 0.1) is 17.6 Å². The third-order valence-corrected chi connectivity index (χ3v) is 6.44. The molecule has 0 bridgehead atoms. The molecule has 1 atom stereocenters. The van der Waals surface area contributed by atoms with E-state index in [1.165, 1.54) is 18.2 Å². The number of amides is 1. The van der Waals surface area contributed by atoms with Crippen molar-refractivity contribution in [3.63, 3.8) is 0 Å². The lowest BCUT2D eigenvalue weighted by Crippen LogP contribution is -2.44. The SMILES string of the molecule is CN1CCC(N(C)C(=O)CCC2CCCN(Cc3c(F)cccc3F)C2)CC1. The van der Waals surface area contributed by atoms with Gasteiger partial charge in [0, 0.05) is 38.2 Å². The van der Waals surface area contributed by atoms with Crippen LogP contribution < -0.4 is 0 Å². The highest BCUT2D eigenvalue weighted by atomic mass is 19.1. The molecule has 2 heterocycles. The van der Waals surface area contributed by atoms with Crippen molar-refractivity contribution < 1.29 is 13.6 Å². The van der Waals surface area contributed by atoms with E-state index in [1.807, 2.05) is 11.9 Å². The molecule has 156 valence electrons. The molecule has 3 rings (SSSR count). The van der Waals surface area contributed by atoms with Crippen molar-refractivity contribution >= 4 is 5.91 Å². The molecule has 2 saturated heterocycles. The van der Waals surface area contributed by atoms with Gasteiger partial charge in [-0.25, -0.2) is 8.78 Å². The summed E-state index contributed by atoms with van der Waals surface area (Å²) in [6, 6.07) is 4.39. The lowest BCUT2D eigenvalue weighted by atomic mass is 9.92. The Kier molecular flexibility index (Phi) is 7.41. The van der Waals surface area contributed by atoms with Gasteiger partial charge in [0.25, 0.3) is 0 Å². The number of hydrogen-bond acceptors (Lipinski definition) is 3. The van der Waals surface area contributed by atoms with Gasteiger partial charge in [-0.1, -0.05) is 6.07 Å². The van der Waals surface area contributed by atoms with Crippen LogP contribution in [0.25, 0.3) is 0 Å². The number of likely N-dealkylation sites (tertiary alicyclic amines) is 2. The zero-order valence-electron chi connectivity index (χ0n) is 17.2. The number of carbonyl (C=O) groups excluding carboxylic acids is 1. The van der Waals surface area contributed by atoms with Crippen LogP contribution in [0.4, 0.5) is 8.78 Å². The first kappa shape index (κ1) is 21.2. The molecule has 2 aliphatic heterocycles. The molecule has 0 spiro atoms. The Hall–Kier alpha value is -1.53. The van der Waals surface area contributed by atoms with Crippen LogP contribution in [0.15, 0.2) is 18.2 Å². The Bertz CT molecular complexity index is 641. The maximum absolute atomic E-state index is 13.9. The zero-order valence-corrected chi connectivity index (χ0v) is 17.2. The van der Waals surface area contributed by atoms with Gasteiger partial charge in [-0.3, -0.25) is 9.69 Å². The summed E-state index contributed by atoms with van der Waals surface area (Å²) in [7, 11) is 4.06. The summed E-state index contributed by atoms with van der Waals surface area (Å²) in [4.78, 5) is 19.0. The topological polar surface area (TPSA) is 26.8 Å². The fourth-order valence-electron chi connectivity index (χ4n) is 4.53. The highest BCUT2D eigenvalue weighted by Crippen LogP contribution is 2.25. The Labute approximate surface area is 167 Å². The molecule has 0 aliphatic carbocycles. The van der Waals surface area contributed by atoms with E-state index < -0.39 is 11.6 Å². The predicted octanol–water partition coefficient (Wildman–Crippen LogP) is 3.51. The number of benzene rings is 1. The first-order valence-electron chi connectivity index (χ1n) is 10.5. The van der Waals surface area contributed by atoms with E-state index in [-0.39, 0.29) is 11.5 Å². The van der Waals surface area contributed by atoms with Crippen LogP contribution in [0.3, 0.4) is 0 Å². The molecule has 6 heteroatoms. The Morgan fingerprint density at radius 3 is 2.50 bits per heavy atom. The monoisotopic (exact) mass is 393 g/mol. The number of hydrogen-bond donors (Lipinski definition) is 0. The van der Waals surface area contributed by atoms with E-state index in [1.54, 1.807) is 0 Å². The molecule has 1 amide bonds. The van der Waals surface area contributed by atoms with E-state index in [4.69, 9.17) is 0 Å². The third kappa shape index (κ3) is 5.51. The van der Waals surface area contributed by atoms with Gasteiger partial charge in [0.15, 0.2) is 0 Å². The number of piperidine rings is 2. The van der Waals surface area contributed by atoms with Gasteiger partial charge < -0.3 is 9.80 Å². The van der Waals surface area contributed by atoms with Crippen molar-refractivity contribution in [2.75, 3.05) is 40.3 Å². The van der Waals surface area contributed by atoms with Gasteiger partial charge in [0.2, 0.25) is 5.91 Å². The van der Waals surface area contributed by atoms with E-state index >= 15 is 0 Å². The summed E-state index contributed by atoms with van der Waals surface area (Å²) in [5.74, 6) is -0.306. The van der Waals surface area contributed by atoms with Crippen molar-refractivity contribution in [2.45, 2.75) is 51.1 Å². The van der Waals surface area contributed by atoms with Crippen LogP contribution in [-0.4, -0.2) is 66.9 Å². The second kappa shape index (κ2) is 9.79. The molecular weight excluding hydrogens is 360 g/mol. The molecule has 1 aromatic carbocycles. The zero-order chi connectivity index (χ0) is 20.1. The summed E-state index contributed by atoms with van der Waals surface area (Å²) in [6.07, 6.45) is 5.61. The van der Waals surface area contributed by atoms with Crippen LogP contribution in [0.1, 0.15) is 44.1 Å². The molecular formula is C22H33F2N3O. The average Bonchev–Trinajstić information content (AvgIpc) is 2.69. The molecule has 28 heavy (non-hydrogen) atoms. The lowest BCUT2D eigenvalue weighted by Gasteiger charge is -2.36. The molecule has 4 nitrogen and oxygen atoms in total.